The highest BCUT2D eigenvalue weighted by Gasteiger charge is 2.15. The van der Waals surface area contributed by atoms with Gasteiger partial charge in [0.1, 0.15) is 0 Å². The summed E-state index contributed by atoms with van der Waals surface area (Å²) in [6, 6.07) is 2.93. The van der Waals surface area contributed by atoms with Crippen molar-refractivity contribution in [2.75, 3.05) is 11.8 Å². The molecule has 0 radical (unpaired) electrons. The van der Waals surface area contributed by atoms with Gasteiger partial charge in [-0.15, -0.1) is 23.2 Å². The quantitative estimate of drug-likeness (QED) is 0.476. The maximum atomic E-state index is 11.4. The van der Waals surface area contributed by atoms with Gasteiger partial charge in [0, 0.05) is 22.9 Å². The molecule has 122 valence electrons. The number of rotatable bonds is 10. The van der Waals surface area contributed by atoms with Gasteiger partial charge in [0.05, 0.1) is 11.9 Å². The van der Waals surface area contributed by atoms with Crippen molar-refractivity contribution in [2.45, 2.75) is 38.5 Å². The Kier molecular flexibility index (Phi) is 8.28. The van der Waals surface area contributed by atoms with Crippen LogP contribution in [0.25, 0.3) is 0 Å². The molecule has 0 fully saturated rings. The normalized spacial score (nSPS) is 10.6. The third-order valence-corrected chi connectivity index (χ3v) is 4.01. The molecule has 0 saturated carbocycles. The summed E-state index contributed by atoms with van der Waals surface area (Å²) in [5.74, 6) is -1.99. The summed E-state index contributed by atoms with van der Waals surface area (Å²) in [5.41, 5.74) is 0.741. The fraction of sp³-hybridized carbons (Fsp3) is 0.500. The number of carboxylic acids is 2. The van der Waals surface area contributed by atoms with E-state index in [9.17, 15) is 19.8 Å². The Hall–Kier alpha value is -1.26. The van der Waals surface area contributed by atoms with Gasteiger partial charge < -0.3 is 19.8 Å². The Morgan fingerprint density at radius 1 is 0.864 bits per heavy atom. The third-order valence-electron chi connectivity index (χ3n) is 3.47. The van der Waals surface area contributed by atoms with E-state index in [1.165, 1.54) is 6.07 Å². The van der Waals surface area contributed by atoms with Gasteiger partial charge in [0.25, 0.3) is 0 Å². The number of alkyl halides is 2. The first-order valence-electron chi connectivity index (χ1n) is 7.22. The number of aryl methyl sites for hydroxylation is 1. The van der Waals surface area contributed by atoms with Crippen LogP contribution in [0.15, 0.2) is 12.1 Å². The zero-order valence-electron chi connectivity index (χ0n) is 12.2. The lowest BCUT2D eigenvalue weighted by atomic mass is 9.90. The highest BCUT2D eigenvalue weighted by atomic mass is 35.5. The summed E-state index contributed by atoms with van der Waals surface area (Å²) >= 11 is 11.3. The number of carbonyl (C=O) groups excluding carboxylic acids is 2. The first kappa shape index (κ1) is 18.8. The van der Waals surface area contributed by atoms with E-state index >= 15 is 0 Å². The standard InChI is InChI=1S/C16H20Cl2O4/c17-9-3-1-5-11-7-8-13(15(19)20)14(16(21)22)12(11)6-2-4-10-18/h7-8H,1-6,9-10H2,(H,19,20)(H,21,22)/p-2. The molecule has 0 aliphatic rings. The number of carboxylic acid groups (broad SMARTS) is 2. The monoisotopic (exact) mass is 344 g/mol. The maximum absolute atomic E-state index is 11.4. The van der Waals surface area contributed by atoms with Gasteiger partial charge in [0.2, 0.25) is 0 Å². The summed E-state index contributed by atoms with van der Waals surface area (Å²) in [6.45, 7) is 0. The van der Waals surface area contributed by atoms with Crippen molar-refractivity contribution in [3.8, 4) is 0 Å². The number of halogens is 2. The van der Waals surface area contributed by atoms with Crippen LogP contribution in [0.3, 0.4) is 0 Å². The molecular weight excluding hydrogens is 327 g/mol. The van der Waals surface area contributed by atoms with Gasteiger partial charge in [-0.2, -0.15) is 0 Å². The van der Waals surface area contributed by atoms with Crippen LogP contribution in [0, 0.1) is 0 Å². The minimum Gasteiger partial charge on any atom is -0.545 e. The molecular formula is C16H18Cl2O4-2. The Morgan fingerprint density at radius 2 is 1.45 bits per heavy atom. The number of unbranched alkanes of at least 4 members (excludes halogenated alkanes) is 2. The minimum absolute atomic E-state index is 0.266. The predicted molar refractivity (Wildman–Crippen MR) is 82.4 cm³/mol. The lowest BCUT2D eigenvalue weighted by Gasteiger charge is -2.20. The van der Waals surface area contributed by atoms with E-state index in [4.69, 9.17) is 23.2 Å². The van der Waals surface area contributed by atoms with Gasteiger partial charge >= 0.3 is 0 Å². The van der Waals surface area contributed by atoms with Crippen LogP contribution in [0.5, 0.6) is 0 Å². The van der Waals surface area contributed by atoms with Crippen molar-refractivity contribution >= 4 is 35.1 Å². The van der Waals surface area contributed by atoms with Gasteiger partial charge in [-0.05, 0) is 49.7 Å². The van der Waals surface area contributed by atoms with Crippen LogP contribution in [-0.2, 0) is 12.8 Å². The van der Waals surface area contributed by atoms with Crippen LogP contribution in [0.1, 0.15) is 57.5 Å². The van der Waals surface area contributed by atoms with Crippen molar-refractivity contribution in [3.05, 3.63) is 34.4 Å². The minimum atomic E-state index is -1.51. The summed E-state index contributed by atoms with van der Waals surface area (Å²) in [5, 5.41) is 22.6. The van der Waals surface area contributed by atoms with E-state index < -0.39 is 11.9 Å². The zero-order chi connectivity index (χ0) is 16.5. The number of hydrogen-bond donors (Lipinski definition) is 0. The topological polar surface area (TPSA) is 80.3 Å². The summed E-state index contributed by atoms with van der Waals surface area (Å²) < 4.78 is 0. The molecule has 1 aromatic carbocycles. The van der Waals surface area contributed by atoms with Crippen molar-refractivity contribution < 1.29 is 19.8 Å². The first-order valence-corrected chi connectivity index (χ1v) is 8.29. The Balaban J connectivity index is 3.21. The fourth-order valence-electron chi connectivity index (χ4n) is 2.42. The molecule has 0 unspecified atom stereocenters. The van der Waals surface area contributed by atoms with E-state index in [-0.39, 0.29) is 11.1 Å². The summed E-state index contributed by atoms with van der Waals surface area (Å²) in [6.07, 6.45) is 4.13. The van der Waals surface area contributed by atoms with Gasteiger partial charge in [-0.3, -0.25) is 0 Å². The fourth-order valence-corrected chi connectivity index (χ4v) is 2.80. The molecule has 0 heterocycles. The molecule has 6 heteroatoms. The van der Waals surface area contributed by atoms with E-state index in [1.54, 1.807) is 6.07 Å². The number of benzene rings is 1. The van der Waals surface area contributed by atoms with Crippen LogP contribution < -0.4 is 10.2 Å². The number of aromatic carboxylic acids is 2. The predicted octanol–water partition coefficient (Wildman–Crippen LogP) is 1.54. The number of hydrogen-bond acceptors (Lipinski definition) is 4. The van der Waals surface area contributed by atoms with Crippen LogP contribution in [-0.4, -0.2) is 23.7 Å². The molecule has 22 heavy (non-hydrogen) atoms. The largest absolute Gasteiger partial charge is 0.545 e. The van der Waals surface area contributed by atoms with E-state index in [1.807, 2.05) is 0 Å². The van der Waals surface area contributed by atoms with Gasteiger partial charge in [-0.1, -0.05) is 12.1 Å². The molecule has 0 spiro atoms. The van der Waals surface area contributed by atoms with Crippen molar-refractivity contribution in [3.63, 3.8) is 0 Å². The van der Waals surface area contributed by atoms with Crippen molar-refractivity contribution in [1.82, 2.24) is 0 Å². The Labute approximate surface area is 140 Å². The lowest BCUT2D eigenvalue weighted by molar-refractivity contribution is -0.259. The second-order valence-corrected chi connectivity index (χ2v) is 5.75. The van der Waals surface area contributed by atoms with Gasteiger partial charge in [-0.25, -0.2) is 0 Å². The third kappa shape index (κ3) is 5.18. The second-order valence-electron chi connectivity index (χ2n) is 4.99. The molecule has 0 N–H and O–H groups in total. The molecule has 0 aliphatic carbocycles. The average molecular weight is 345 g/mol. The Bertz CT molecular complexity index is 529. The van der Waals surface area contributed by atoms with E-state index in [0.717, 1.165) is 24.8 Å². The van der Waals surface area contributed by atoms with E-state index in [0.29, 0.717) is 36.6 Å². The van der Waals surface area contributed by atoms with Gasteiger partial charge in [0.15, 0.2) is 0 Å². The highest BCUT2D eigenvalue weighted by molar-refractivity contribution is 6.18. The molecule has 0 aromatic heterocycles. The SMILES string of the molecule is O=C([O-])c1ccc(CCCCCl)c(CCCCCl)c1C(=O)[O-]. The van der Waals surface area contributed by atoms with Crippen LogP contribution in [0.4, 0.5) is 0 Å². The molecule has 0 atom stereocenters. The zero-order valence-corrected chi connectivity index (χ0v) is 13.7. The Morgan fingerprint density at radius 3 is 1.95 bits per heavy atom. The van der Waals surface area contributed by atoms with Crippen LogP contribution >= 0.6 is 23.2 Å². The van der Waals surface area contributed by atoms with Crippen molar-refractivity contribution in [1.29, 1.82) is 0 Å². The molecule has 0 aliphatic heterocycles. The summed E-state index contributed by atoms with van der Waals surface area (Å²) in [4.78, 5) is 22.6. The average Bonchev–Trinajstić information content (AvgIpc) is 2.47. The number of carbonyl (C=O) groups is 2. The molecule has 0 saturated heterocycles. The molecule has 1 rings (SSSR count). The van der Waals surface area contributed by atoms with Crippen molar-refractivity contribution in [2.24, 2.45) is 0 Å². The summed E-state index contributed by atoms with van der Waals surface area (Å²) in [7, 11) is 0. The molecule has 0 bridgehead atoms. The second kappa shape index (κ2) is 9.70. The smallest absolute Gasteiger partial charge is 0.0724 e. The van der Waals surface area contributed by atoms with Crippen LogP contribution in [0.2, 0.25) is 0 Å². The molecule has 4 nitrogen and oxygen atoms in total. The maximum Gasteiger partial charge on any atom is 0.0724 e. The molecule has 1 aromatic rings. The first-order chi connectivity index (χ1) is 10.5. The lowest BCUT2D eigenvalue weighted by Crippen LogP contribution is -2.31. The highest BCUT2D eigenvalue weighted by Crippen LogP contribution is 2.23. The van der Waals surface area contributed by atoms with E-state index in [2.05, 4.69) is 0 Å². The molecule has 0 amide bonds.